The van der Waals surface area contributed by atoms with Gasteiger partial charge in [0.1, 0.15) is 12.4 Å². The summed E-state index contributed by atoms with van der Waals surface area (Å²) in [6, 6.07) is 9.07. The Bertz CT molecular complexity index is 858. The van der Waals surface area contributed by atoms with Crippen molar-refractivity contribution >= 4 is 29.9 Å². The van der Waals surface area contributed by atoms with Gasteiger partial charge < -0.3 is 19.5 Å². The molecule has 0 amide bonds. The van der Waals surface area contributed by atoms with Crippen molar-refractivity contribution in [3.63, 3.8) is 0 Å². The lowest BCUT2D eigenvalue weighted by Gasteiger charge is -2.36. The second-order valence-corrected chi connectivity index (χ2v) is 8.79. The van der Waals surface area contributed by atoms with E-state index >= 15 is 0 Å². The van der Waals surface area contributed by atoms with E-state index in [-0.39, 0.29) is 24.0 Å². The number of halogens is 1. The summed E-state index contributed by atoms with van der Waals surface area (Å²) in [7, 11) is 3.72. The van der Waals surface area contributed by atoms with Crippen LogP contribution in [0.15, 0.2) is 29.3 Å². The average molecular weight is 570 g/mol. The third-order valence-corrected chi connectivity index (χ3v) is 6.09. The zero-order chi connectivity index (χ0) is 22.9. The molecule has 0 saturated carbocycles. The predicted octanol–water partition coefficient (Wildman–Crippen LogP) is 3.16. The number of benzene rings is 1. The van der Waals surface area contributed by atoms with Crippen LogP contribution in [0.1, 0.15) is 49.0 Å². The smallest absolute Gasteiger partial charge is 0.194 e. The van der Waals surface area contributed by atoms with Crippen molar-refractivity contribution in [1.29, 1.82) is 0 Å². The quantitative estimate of drug-likeness (QED) is 0.217. The van der Waals surface area contributed by atoms with Gasteiger partial charge in [0.25, 0.3) is 0 Å². The molecule has 0 spiro atoms. The van der Waals surface area contributed by atoms with E-state index in [1.54, 1.807) is 7.11 Å². The standard InChI is InChI=1S/C24H39N7O.HI/c1-19(2)22-9-7-21(8-10-22)18-30-12-14-31(15-13-30)24(25-11-6-16-32-5)26-17-23-28-27-20(3)29(23)4;/h7-10,19H,6,11-18H2,1-5H3,(H,25,26);1H. The van der Waals surface area contributed by atoms with Crippen molar-refractivity contribution < 1.29 is 4.74 Å². The van der Waals surface area contributed by atoms with Crippen LogP contribution in [0.5, 0.6) is 0 Å². The van der Waals surface area contributed by atoms with E-state index in [0.29, 0.717) is 12.5 Å². The molecule has 0 atom stereocenters. The van der Waals surface area contributed by atoms with Gasteiger partial charge in [0.2, 0.25) is 0 Å². The third kappa shape index (κ3) is 8.22. The molecule has 184 valence electrons. The van der Waals surface area contributed by atoms with Crippen LogP contribution in [0, 0.1) is 6.92 Å². The maximum absolute atomic E-state index is 5.19. The number of rotatable bonds is 9. The Morgan fingerprint density at radius 1 is 1.12 bits per heavy atom. The highest BCUT2D eigenvalue weighted by atomic mass is 127. The lowest BCUT2D eigenvalue weighted by Crippen LogP contribution is -2.52. The highest BCUT2D eigenvalue weighted by molar-refractivity contribution is 14.0. The van der Waals surface area contributed by atoms with Gasteiger partial charge in [-0.15, -0.1) is 34.2 Å². The molecular formula is C24H40IN7O. The molecule has 33 heavy (non-hydrogen) atoms. The van der Waals surface area contributed by atoms with E-state index < -0.39 is 0 Å². The highest BCUT2D eigenvalue weighted by Gasteiger charge is 2.20. The van der Waals surface area contributed by atoms with Crippen molar-refractivity contribution in [3.8, 4) is 0 Å². The molecule has 2 heterocycles. The second kappa shape index (κ2) is 13.9. The topological polar surface area (TPSA) is 70.8 Å². The van der Waals surface area contributed by atoms with E-state index in [9.17, 15) is 0 Å². The van der Waals surface area contributed by atoms with Crippen LogP contribution in [0.25, 0.3) is 0 Å². The molecule has 0 unspecified atom stereocenters. The van der Waals surface area contributed by atoms with Crippen molar-refractivity contribution in [3.05, 3.63) is 47.0 Å². The maximum atomic E-state index is 5.19. The third-order valence-electron chi connectivity index (χ3n) is 6.09. The van der Waals surface area contributed by atoms with Crippen LogP contribution >= 0.6 is 24.0 Å². The molecule has 1 aromatic heterocycles. The first kappa shape index (κ1) is 27.5. The van der Waals surface area contributed by atoms with Crippen LogP contribution in [-0.4, -0.2) is 77.0 Å². The Balaban J connectivity index is 0.00000385. The molecule has 9 heteroatoms. The Morgan fingerprint density at radius 3 is 2.39 bits per heavy atom. The number of piperazine rings is 1. The Kier molecular flexibility index (Phi) is 11.6. The van der Waals surface area contributed by atoms with Gasteiger partial charge in [-0.3, -0.25) is 4.90 Å². The molecular weight excluding hydrogens is 529 g/mol. The van der Waals surface area contributed by atoms with Crippen LogP contribution in [0.2, 0.25) is 0 Å². The fourth-order valence-corrected chi connectivity index (χ4v) is 3.80. The summed E-state index contributed by atoms with van der Waals surface area (Å²) >= 11 is 0. The van der Waals surface area contributed by atoms with E-state index in [2.05, 4.69) is 63.4 Å². The first-order valence-electron chi connectivity index (χ1n) is 11.7. The minimum absolute atomic E-state index is 0. The molecule has 1 fully saturated rings. The van der Waals surface area contributed by atoms with E-state index in [1.807, 2.05) is 18.5 Å². The zero-order valence-corrected chi connectivity index (χ0v) is 23.1. The summed E-state index contributed by atoms with van der Waals surface area (Å²) < 4.78 is 7.18. The molecule has 1 aromatic carbocycles. The number of nitrogens with one attached hydrogen (secondary N) is 1. The minimum atomic E-state index is 0. The summed E-state index contributed by atoms with van der Waals surface area (Å²) in [5.41, 5.74) is 2.78. The molecule has 1 N–H and O–H groups in total. The number of hydrogen-bond acceptors (Lipinski definition) is 5. The highest BCUT2D eigenvalue weighted by Crippen LogP contribution is 2.16. The largest absolute Gasteiger partial charge is 0.385 e. The van der Waals surface area contributed by atoms with Crippen LogP contribution < -0.4 is 5.32 Å². The molecule has 8 nitrogen and oxygen atoms in total. The first-order valence-corrected chi connectivity index (χ1v) is 11.7. The number of ether oxygens (including phenoxy) is 1. The number of methoxy groups -OCH3 is 1. The summed E-state index contributed by atoms with van der Waals surface area (Å²) in [6.07, 6.45) is 0.949. The Hall–Kier alpha value is -1.72. The predicted molar refractivity (Wildman–Crippen MR) is 144 cm³/mol. The molecule has 1 aliphatic heterocycles. The normalized spacial score (nSPS) is 15.1. The van der Waals surface area contributed by atoms with Crippen molar-refractivity contribution in [2.45, 2.75) is 46.2 Å². The number of guanidine groups is 1. The van der Waals surface area contributed by atoms with Gasteiger partial charge in [-0.05, 0) is 30.4 Å². The number of aliphatic imine (C=N–C) groups is 1. The van der Waals surface area contributed by atoms with Gasteiger partial charge >= 0.3 is 0 Å². The summed E-state index contributed by atoms with van der Waals surface area (Å²) in [6.45, 7) is 13.5. The SMILES string of the molecule is COCCCNC(=NCc1nnc(C)n1C)N1CCN(Cc2ccc(C(C)C)cc2)CC1.I. The summed E-state index contributed by atoms with van der Waals surface area (Å²) in [5, 5.41) is 11.9. The number of aryl methyl sites for hydroxylation is 1. The van der Waals surface area contributed by atoms with Gasteiger partial charge in [-0.25, -0.2) is 4.99 Å². The minimum Gasteiger partial charge on any atom is -0.385 e. The van der Waals surface area contributed by atoms with E-state index in [0.717, 1.165) is 69.9 Å². The number of aromatic nitrogens is 3. The van der Waals surface area contributed by atoms with Gasteiger partial charge in [0.05, 0.1) is 0 Å². The van der Waals surface area contributed by atoms with Crippen LogP contribution in [0.3, 0.4) is 0 Å². The number of hydrogen-bond donors (Lipinski definition) is 1. The Morgan fingerprint density at radius 2 is 1.82 bits per heavy atom. The second-order valence-electron chi connectivity index (χ2n) is 8.79. The summed E-state index contributed by atoms with van der Waals surface area (Å²) in [4.78, 5) is 9.75. The molecule has 0 aliphatic carbocycles. The van der Waals surface area contributed by atoms with Gasteiger partial charge in [0.15, 0.2) is 11.8 Å². The summed E-state index contributed by atoms with van der Waals surface area (Å²) in [5.74, 6) is 3.30. The lowest BCUT2D eigenvalue weighted by atomic mass is 10.0. The molecule has 0 bridgehead atoms. The first-order chi connectivity index (χ1) is 15.5. The number of nitrogens with zero attached hydrogens (tertiary/aromatic N) is 6. The van der Waals surface area contributed by atoms with E-state index in [1.165, 1.54) is 11.1 Å². The monoisotopic (exact) mass is 569 g/mol. The molecule has 0 radical (unpaired) electrons. The zero-order valence-electron chi connectivity index (χ0n) is 20.8. The molecule has 2 aromatic rings. The average Bonchev–Trinajstić information content (AvgIpc) is 3.12. The van der Waals surface area contributed by atoms with Crippen LogP contribution in [0.4, 0.5) is 0 Å². The van der Waals surface area contributed by atoms with Crippen LogP contribution in [-0.2, 0) is 24.9 Å². The lowest BCUT2D eigenvalue weighted by molar-refractivity contribution is 0.171. The van der Waals surface area contributed by atoms with Gasteiger partial charge in [-0.1, -0.05) is 38.1 Å². The molecule has 1 saturated heterocycles. The molecule has 3 rings (SSSR count). The molecule has 1 aliphatic rings. The van der Waals surface area contributed by atoms with E-state index in [4.69, 9.17) is 9.73 Å². The van der Waals surface area contributed by atoms with Gasteiger partial charge in [0, 0.05) is 60.0 Å². The maximum Gasteiger partial charge on any atom is 0.194 e. The fourth-order valence-electron chi connectivity index (χ4n) is 3.80. The Labute approximate surface area is 215 Å². The van der Waals surface area contributed by atoms with Gasteiger partial charge in [-0.2, -0.15) is 0 Å². The van der Waals surface area contributed by atoms with Crippen molar-refractivity contribution in [2.75, 3.05) is 46.4 Å². The van der Waals surface area contributed by atoms with Crippen molar-refractivity contribution in [1.82, 2.24) is 29.9 Å². The van der Waals surface area contributed by atoms with Crippen molar-refractivity contribution in [2.24, 2.45) is 12.0 Å². The fraction of sp³-hybridized carbons (Fsp3) is 0.625.